The van der Waals surface area contributed by atoms with Gasteiger partial charge in [-0.15, -0.1) is 0 Å². The third-order valence-electron chi connectivity index (χ3n) is 2.87. The van der Waals surface area contributed by atoms with Crippen LogP contribution >= 0.6 is 0 Å². The Labute approximate surface area is 79.3 Å². The second kappa shape index (κ2) is 3.92. The summed E-state index contributed by atoms with van der Waals surface area (Å²) in [5.74, 6) is 0.468. The van der Waals surface area contributed by atoms with Gasteiger partial charge in [0.15, 0.2) is 0 Å². The first-order chi connectivity index (χ1) is 5.98. The van der Waals surface area contributed by atoms with Crippen LogP contribution in [0.5, 0.6) is 0 Å². The molecule has 1 unspecified atom stereocenters. The summed E-state index contributed by atoms with van der Waals surface area (Å²) < 4.78 is 0. The first-order valence-electron chi connectivity index (χ1n) is 4.78. The molecule has 1 fully saturated rings. The molecule has 1 aliphatic rings. The number of aliphatic hydroxyl groups is 2. The molecular formula is C9H20N2O2. The van der Waals surface area contributed by atoms with E-state index in [2.05, 4.69) is 18.7 Å². The highest BCUT2D eigenvalue weighted by Crippen LogP contribution is 2.25. The fourth-order valence-electron chi connectivity index (χ4n) is 1.64. The van der Waals surface area contributed by atoms with Gasteiger partial charge in [0.25, 0.3) is 0 Å². The number of likely N-dealkylation sites (tertiary alicyclic amines) is 1. The van der Waals surface area contributed by atoms with Crippen molar-refractivity contribution in [3.8, 4) is 0 Å². The molecule has 0 amide bonds. The van der Waals surface area contributed by atoms with Crippen LogP contribution in [-0.2, 0) is 0 Å². The second-order valence-electron chi connectivity index (χ2n) is 4.39. The quantitative estimate of drug-likeness (QED) is 0.530. The van der Waals surface area contributed by atoms with Crippen LogP contribution in [0.2, 0.25) is 0 Å². The van der Waals surface area contributed by atoms with Crippen LogP contribution in [0.4, 0.5) is 0 Å². The van der Waals surface area contributed by atoms with Gasteiger partial charge in [0.05, 0.1) is 12.7 Å². The maximum Gasteiger partial charge on any atom is 0.0897 e. The summed E-state index contributed by atoms with van der Waals surface area (Å²) >= 11 is 0. The Kier molecular flexibility index (Phi) is 3.29. The van der Waals surface area contributed by atoms with E-state index in [0.29, 0.717) is 12.5 Å². The molecule has 1 atom stereocenters. The normalized spacial score (nSPS) is 24.5. The smallest absolute Gasteiger partial charge is 0.0897 e. The van der Waals surface area contributed by atoms with Crippen LogP contribution < -0.4 is 5.73 Å². The molecule has 0 bridgehead atoms. The van der Waals surface area contributed by atoms with Crippen LogP contribution in [0.15, 0.2) is 0 Å². The molecule has 1 saturated heterocycles. The van der Waals surface area contributed by atoms with Gasteiger partial charge in [0, 0.05) is 25.2 Å². The Morgan fingerprint density at radius 2 is 2.00 bits per heavy atom. The van der Waals surface area contributed by atoms with Crippen molar-refractivity contribution >= 4 is 0 Å². The van der Waals surface area contributed by atoms with E-state index in [1.165, 1.54) is 0 Å². The standard InChI is InChI=1S/C9H20N2O2/c1-7(2)9(10)5-11(6-9)3-8(13)4-12/h7-8,12-13H,3-6,10H2,1-2H3. The van der Waals surface area contributed by atoms with Crippen molar-refractivity contribution in [2.45, 2.75) is 25.5 Å². The van der Waals surface area contributed by atoms with Crippen LogP contribution in [-0.4, -0.2) is 53.0 Å². The topological polar surface area (TPSA) is 69.7 Å². The monoisotopic (exact) mass is 188 g/mol. The van der Waals surface area contributed by atoms with E-state index in [4.69, 9.17) is 15.9 Å². The van der Waals surface area contributed by atoms with E-state index < -0.39 is 6.10 Å². The summed E-state index contributed by atoms with van der Waals surface area (Å²) in [6, 6.07) is 0. The van der Waals surface area contributed by atoms with Crippen LogP contribution in [0, 0.1) is 5.92 Å². The molecule has 0 aromatic rings. The summed E-state index contributed by atoms with van der Waals surface area (Å²) in [6.45, 7) is 6.22. The molecule has 0 aromatic heterocycles. The average molecular weight is 188 g/mol. The Hall–Kier alpha value is -0.160. The Balaban J connectivity index is 2.25. The molecule has 0 aromatic carbocycles. The van der Waals surface area contributed by atoms with Gasteiger partial charge in [-0.1, -0.05) is 13.8 Å². The minimum atomic E-state index is -0.628. The zero-order chi connectivity index (χ0) is 10.1. The number of nitrogens with two attached hydrogens (primary N) is 1. The van der Waals surface area contributed by atoms with Crippen LogP contribution in [0.1, 0.15) is 13.8 Å². The van der Waals surface area contributed by atoms with Crippen molar-refractivity contribution in [1.29, 1.82) is 0 Å². The lowest BCUT2D eigenvalue weighted by Gasteiger charge is -2.51. The third kappa shape index (κ3) is 2.40. The summed E-state index contributed by atoms with van der Waals surface area (Å²) in [5.41, 5.74) is 5.98. The molecule has 0 radical (unpaired) electrons. The molecular weight excluding hydrogens is 168 g/mol. The molecule has 13 heavy (non-hydrogen) atoms. The van der Waals surface area contributed by atoms with Gasteiger partial charge in [-0.3, -0.25) is 4.90 Å². The van der Waals surface area contributed by atoms with Crippen molar-refractivity contribution in [2.75, 3.05) is 26.2 Å². The van der Waals surface area contributed by atoms with E-state index in [0.717, 1.165) is 13.1 Å². The lowest BCUT2D eigenvalue weighted by molar-refractivity contribution is -0.0130. The highest BCUT2D eigenvalue weighted by molar-refractivity contribution is 5.02. The molecule has 0 aliphatic carbocycles. The number of hydrogen-bond donors (Lipinski definition) is 3. The summed E-state index contributed by atoms with van der Waals surface area (Å²) in [6.07, 6.45) is -0.628. The van der Waals surface area contributed by atoms with Crippen molar-refractivity contribution in [2.24, 2.45) is 11.7 Å². The molecule has 0 spiro atoms. The molecule has 4 N–H and O–H groups in total. The van der Waals surface area contributed by atoms with E-state index in [9.17, 15) is 0 Å². The molecule has 0 saturated carbocycles. The summed E-state index contributed by atoms with van der Waals surface area (Å²) in [4.78, 5) is 2.07. The zero-order valence-corrected chi connectivity index (χ0v) is 8.40. The van der Waals surface area contributed by atoms with Crippen molar-refractivity contribution in [1.82, 2.24) is 4.90 Å². The van der Waals surface area contributed by atoms with Gasteiger partial charge in [-0.2, -0.15) is 0 Å². The van der Waals surface area contributed by atoms with E-state index in [1.807, 2.05) is 0 Å². The highest BCUT2D eigenvalue weighted by atomic mass is 16.3. The van der Waals surface area contributed by atoms with Gasteiger partial charge in [0.2, 0.25) is 0 Å². The third-order valence-corrected chi connectivity index (χ3v) is 2.87. The van der Waals surface area contributed by atoms with Crippen molar-refractivity contribution < 1.29 is 10.2 Å². The first kappa shape index (κ1) is 10.9. The molecule has 4 nitrogen and oxygen atoms in total. The fraction of sp³-hybridized carbons (Fsp3) is 1.00. The SMILES string of the molecule is CC(C)C1(N)CN(CC(O)CO)C1. The minimum absolute atomic E-state index is 0.0881. The van der Waals surface area contributed by atoms with Gasteiger partial charge in [-0.05, 0) is 5.92 Å². The van der Waals surface area contributed by atoms with E-state index in [1.54, 1.807) is 0 Å². The van der Waals surface area contributed by atoms with Crippen LogP contribution in [0.3, 0.4) is 0 Å². The maximum atomic E-state index is 9.17. The molecule has 4 heteroatoms. The second-order valence-corrected chi connectivity index (χ2v) is 4.39. The fourth-order valence-corrected chi connectivity index (χ4v) is 1.64. The van der Waals surface area contributed by atoms with Crippen molar-refractivity contribution in [3.63, 3.8) is 0 Å². The minimum Gasteiger partial charge on any atom is -0.394 e. The lowest BCUT2D eigenvalue weighted by atomic mass is 9.80. The molecule has 1 heterocycles. The predicted molar refractivity (Wildman–Crippen MR) is 51.3 cm³/mol. The van der Waals surface area contributed by atoms with Gasteiger partial charge in [-0.25, -0.2) is 0 Å². The lowest BCUT2D eigenvalue weighted by Crippen LogP contribution is -2.70. The Bertz CT molecular complexity index is 167. The maximum absolute atomic E-state index is 9.17. The number of aliphatic hydroxyl groups excluding tert-OH is 2. The van der Waals surface area contributed by atoms with E-state index >= 15 is 0 Å². The number of β-amino-alcohol motifs (C(OH)–C–C–N with tert-alkyl or cyclic N) is 1. The van der Waals surface area contributed by atoms with Gasteiger partial charge in [0.1, 0.15) is 0 Å². The van der Waals surface area contributed by atoms with Gasteiger partial charge < -0.3 is 15.9 Å². The molecule has 1 rings (SSSR count). The number of nitrogens with zero attached hydrogens (tertiary/aromatic N) is 1. The number of hydrogen-bond acceptors (Lipinski definition) is 4. The molecule has 1 aliphatic heterocycles. The number of rotatable bonds is 4. The first-order valence-corrected chi connectivity index (χ1v) is 4.78. The van der Waals surface area contributed by atoms with Crippen molar-refractivity contribution in [3.05, 3.63) is 0 Å². The van der Waals surface area contributed by atoms with Gasteiger partial charge >= 0.3 is 0 Å². The largest absolute Gasteiger partial charge is 0.394 e. The zero-order valence-electron chi connectivity index (χ0n) is 8.40. The average Bonchev–Trinajstić information content (AvgIpc) is 2.00. The molecule has 78 valence electrons. The Morgan fingerprint density at radius 3 is 2.38 bits per heavy atom. The van der Waals surface area contributed by atoms with E-state index in [-0.39, 0.29) is 12.1 Å². The van der Waals surface area contributed by atoms with Crippen LogP contribution in [0.25, 0.3) is 0 Å². The summed E-state index contributed by atoms with van der Waals surface area (Å²) in [7, 11) is 0. The highest BCUT2D eigenvalue weighted by Gasteiger charge is 2.41. The Morgan fingerprint density at radius 1 is 1.46 bits per heavy atom. The summed E-state index contributed by atoms with van der Waals surface area (Å²) in [5, 5.41) is 17.8. The predicted octanol–water partition coefficient (Wildman–Crippen LogP) is -0.991.